The molecule has 4 heteroatoms. The van der Waals surface area contributed by atoms with Gasteiger partial charge in [-0.1, -0.05) is 26.0 Å². The molecule has 2 N–H and O–H groups in total. The first kappa shape index (κ1) is 17.0. The van der Waals surface area contributed by atoms with Gasteiger partial charge in [0.2, 0.25) is 0 Å². The Bertz CT molecular complexity index is 433. The zero-order valence-electron chi connectivity index (χ0n) is 12.3. The third-order valence-corrected chi connectivity index (χ3v) is 4.12. The van der Waals surface area contributed by atoms with Crippen molar-refractivity contribution in [3.05, 3.63) is 35.4 Å². The highest BCUT2D eigenvalue weighted by molar-refractivity contribution is 5.94. The van der Waals surface area contributed by atoms with Gasteiger partial charge in [-0.3, -0.25) is 4.79 Å². The number of hydrogen-bond acceptors (Lipinski definition) is 2. The van der Waals surface area contributed by atoms with E-state index in [1.165, 1.54) is 5.56 Å². The molecule has 3 nitrogen and oxygen atoms in total. The molecule has 1 aliphatic rings. The molecule has 1 fully saturated rings. The number of rotatable bonds is 3. The van der Waals surface area contributed by atoms with Crippen LogP contribution in [-0.4, -0.2) is 29.9 Å². The van der Waals surface area contributed by atoms with Gasteiger partial charge in [-0.25, -0.2) is 0 Å². The maximum absolute atomic E-state index is 12.5. The summed E-state index contributed by atoms with van der Waals surface area (Å²) in [7, 11) is 0. The second-order valence-corrected chi connectivity index (χ2v) is 5.57. The molecule has 0 spiro atoms. The number of likely N-dealkylation sites (tertiary alicyclic amines) is 1. The van der Waals surface area contributed by atoms with Gasteiger partial charge >= 0.3 is 0 Å². The predicted octanol–water partition coefficient (Wildman–Crippen LogP) is 2.87. The summed E-state index contributed by atoms with van der Waals surface area (Å²) in [6.07, 6.45) is 3.10. The van der Waals surface area contributed by atoms with Crippen molar-refractivity contribution in [2.45, 2.75) is 39.2 Å². The molecule has 1 saturated heterocycles. The van der Waals surface area contributed by atoms with Crippen LogP contribution >= 0.6 is 12.4 Å². The van der Waals surface area contributed by atoms with Crippen LogP contribution in [0.3, 0.4) is 0 Å². The minimum absolute atomic E-state index is 0. The monoisotopic (exact) mass is 296 g/mol. The number of carbonyl (C=O) groups is 1. The summed E-state index contributed by atoms with van der Waals surface area (Å²) in [5, 5.41) is 0. The molecule has 0 saturated carbocycles. The van der Waals surface area contributed by atoms with E-state index in [0.29, 0.717) is 12.5 Å². The average molecular weight is 297 g/mol. The van der Waals surface area contributed by atoms with Crippen LogP contribution in [-0.2, 0) is 6.42 Å². The number of nitrogens with zero attached hydrogens (tertiary/aromatic N) is 1. The summed E-state index contributed by atoms with van der Waals surface area (Å²) in [6.45, 7) is 5.74. The maximum Gasteiger partial charge on any atom is 0.254 e. The van der Waals surface area contributed by atoms with Crippen molar-refractivity contribution in [1.29, 1.82) is 0 Å². The third kappa shape index (κ3) is 3.74. The molecule has 20 heavy (non-hydrogen) atoms. The van der Waals surface area contributed by atoms with Gasteiger partial charge in [0, 0.05) is 24.7 Å². The van der Waals surface area contributed by atoms with E-state index in [4.69, 9.17) is 5.73 Å². The van der Waals surface area contributed by atoms with Gasteiger partial charge in [-0.2, -0.15) is 0 Å². The highest BCUT2D eigenvalue weighted by Crippen LogP contribution is 2.23. The highest BCUT2D eigenvalue weighted by atomic mass is 35.5. The van der Waals surface area contributed by atoms with Gasteiger partial charge in [0.1, 0.15) is 0 Å². The third-order valence-electron chi connectivity index (χ3n) is 4.12. The fraction of sp³-hybridized carbons (Fsp3) is 0.562. The van der Waals surface area contributed by atoms with Gasteiger partial charge in [0.15, 0.2) is 0 Å². The first-order valence-corrected chi connectivity index (χ1v) is 7.25. The molecule has 1 amide bonds. The largest absolute Gasteiger partial charge is 0.334 e. The maximum atomic E-state index is 12.5. The van der Waals surface area contributed by atoms with Crippen molar-refractivity contribution < 1.29 is 4.79 Å². The molecule has 0 aromatic heterocycles. The van der Waals surface area contributed by atoms with E-state index in [-0.39, 0.29) is 24.4 Å². The molecule has 1 heterocycles. The number of aryl methyl sites for hydroxylation is 1. The summed E-state index contributed by atoms with van der Waals surface area (Å²) in [5.74, 6) is 0.796. The number of carbonyl (C=O) groups excluding carboxylic acids is 1. The molecule has 0 aliphatic carbocycles. The van der Waals surface area contributed by atoms with Crippen molar-refractivity contribution in [2.75, 3.05) is 13.1 Å². The first-order chi connectivity index (χ1) is 9.15. The van der Waals surface area contributed by atoms with Gasteiger partial charge in [-0.15, -0.1) is 12.4 Å². The van der Waals surface area contributed by atoms with Crippen LogP contribution in [0.5, 0.6) is 0 Å². The van der Waals surface area contributed by atoms with E-state index in [2.05, 4.69) is 13.8 Å². The summed E-state index contributed by atoms with van der Waals surface area (Å²) in [5.41, 5.74) is 7.87. The van der Waals surface area contributed by atoms with Crippen LogP contribution in [0.2, 0.25) is 0 Å². The smallest absolute Gasteiger partial charge is 0.254 e. The highest BCUT2D eigenvalue weighted by Gasteiger charge is 2.29. The summed E-state index contributed by atoms with van der Waals surface area (Å²) >= 11 is 0. The lowest BCUT2D eigenvalue weighted by molar-refractivity contribution is 0.0573. The molecular formula is C16H25ClN2O. The van der Waals surface area contributed by atoms with Crippen LogP contribution in [0.15, 0.2) is 24.3 Å². The summed E-state index contributed by atoms with van der Waals surface area (Å²) in [4.78, 5) is 14.5. The summed E-state index contributed by atoms with van der Waals surface area (Å²) in [6, 6.07) is 8.15. The number of benzene rings is 1. The molecule has 1 aromatic rings. The minimum Gasteiger partial charge on any atom is -0.334 e. The second-order valence-electron chi connectivity index (χ2n) is 5.57. The van der Waals surface area contributed by atoms with Crippen molar-refractivity contribution in [1.82, 2.24) is 4.90 Å². The average Bonchev–Trinajstić information content (AvgIpc) is 2.46. The number of piperidine rings is 1. The van der Waals surface area contributed by atoms with E-state index >= 15 is 0 Å². The number of hydrogen-bond donors (Lipinski definition) is 1. The Labute approximate surface area is 127 Å². The molecule has 2 unspecified atom stereocenters. The Morgan fingerprint density at radius 3 is 2.55 bits per heavy atom. The van der Waals surface area contributed by atoms with E-state index in [0.717, 1.165) is 31.4 Å². The van der Waals surface area contributed by atoms with Gasteiger partial charge < -0.3 is 10.6 Å². The summed E-state index contributed by atoms with van der Waals surface area (Å²) < 4.78 is 0. The van der Waals surface area contributed by atoms with E-state index in [1.807, 2.05) is 29.2 Å². The Balaban J connectivity index is 0.00000200. The zero-order chi connectivity index (χ0) is 13.8. The Morgan fingerprint density at radius 2 is 2.00 bits per heavy atom. The predicted molar refractivity (Wildman–Crippen MR) is 85.3 cm³/mol. The van der Waals surface area contributed by atoms with E-state index in [1.54, 1.807) is 0 Å². The second kappa shape index (κ2) is 7.65. The molecule has 2 atom stereocenters. The van der Waals surface area contributed by atoms with Gasteiger partial charge in [0.25, 0.3) is 5.91 Å². The lowest BCUT2D eigenvalue weighted by Crippen LogP contribution is -2.49. The van der Waals surface area contributed by atoms with Crippen molar-refractivity contribution in [3.63, 3.8) is 0 Å². The van der Waals surface area contributed by atoms with Crippen LogP contribution in [0, 0.1) is 5.92 Å². The van der Waals surface area contributed by atoms with Crippen LogP contribution in [0.25, 0.3) is 0 Å². The molecule has 0 bridgehead atoms. The molecule has 1 aliphatic heterocycles. The quantitative estimate of drug-likeness (QED) is 0.932. The Hall–Kier alpha value is -1.06. The number of amides is 1. The standard InChI is InChI=1S/C16H24N2O.ClH/c1-3-13-4-6-14(7-5-13)16(19)18-9-8-12(2)10-15(18)11-17;/h4-7,12,15H,3,8-11,17H2,1-2H3;1H. The molecular weight excluding hydrogens is 272 g/mol. The van der Waals surface area contributed by atoms with Crippen molar-refractivity contribution in [3.8, 4) is 0 Å². The molecule has 2 rings (SSSR count). The SMILES string of the molecule is CCc1ccc(C(=O)N2CCC(C)CC2CN)cc1.Cl. The van der Waals surface area contributed by atoms with Crippen LogP contribution < -0.4 is 5.73 Å². The lowest BCUT2D eigenvalue weighted by Gasteiger charge is -2.38. The fourth-order valence-corrected chi connectivity index (χ4v) is 2.79. The Morgan fingerprint density at radius 1 is 1.35 bits per heavy atom. The van der Waals surface area contributed by atoms with Gasteiger partial charge in [-0.05, 0) is 42.9 Å². The van der Waals surface area contributed by atoms with E-state index in [9.17, 15) is 4.79 Å². The first-order valence-electron chi connectivity index (χ1n) is 7.25. The molecule has 1 aromatic carbocycles. The normalized spacial score (nSPS) is 22.2. The fourth-order valence-electron chi connectivity index (χ4n) is 2.79. The van der Waals surface area contributed by atoms with Crippen LogP contribution in [0.1, 0.15) is 42.6 Å². The zero-order valence-corrected chi connectivity index (χ0v) is 13.2. The van der Waals surface area contributed by atoms with Crippen LogP contribution in [0.4, 0.5) is 0 Å². The number of halogens is 1. The van der Waals surface area contributed by atoms with Gasteiger partial charge in [0.05, 0.1) is 0 Å². The van der Waals surface area contributed by atoms with Crippen molar-refractivity contribution >= 4 is 18.3 Å². The molecule has 112 valence electrons. The Kier molecular flexibility index (Phi) is 6.50. The lowest BCUT2D eigenvalue weighted by atomic mass is 9.92. The minimum atomic E-state index is 0. The number of nitrogens with two attached hydrogens (primary N) is 1. The van der Waals surface area contributed by atoms with E-state index < -0.39 is 0 Å². The molecule has 0 radical (unpaired) electrons. The van der Waals surface area contributed by atoms with Crippen molar-refractivity contribution in [2.24, 2.45) is 11.7 Å². The topological polar surface area (TPSA) is 46.3 Å².